The first-order valence-electron chi connectivity index (χ1n) is 10.2. The van der Waals surface area contributed by atoms with E-state index >= 15 is 0 Å². The van der Waals surface area contributed by atoms with Gasteiger partial charge in [-0.2, -0.15) is 0 Å². The lowest BCUT2D eigenvalue weighted by atomic mass is 10.1. The van der Waals surface area contributed by atoms with Crippen LogP contribution in [0.15, 0.2) is 65.5 Å². The standard InChI is InChI=1S/C24H26N2O4/c1-2-6-22-25-21(19-7-4-3-5-8-19)17-23(27)26(22)15-16-30-20-12-9-18(10-13-20)11-14-24(28)29/h3-5,7-10,12-13,17H,2,6,11,14-16H2,1H3,(H,28,29). The van der Waals surface area contributed by atoms with Gasteiger partial charge in [0.1, 0.15) is 18.2 Å². The Bertz CT molecular complexity index is 1030. The van der Waals surface area contributed by atoms with Crippen LogP contribution in [0.4, 0.5) is 0 Å². The second kappa shape index (κ2) is 10.4. The van der Waals surface area contributed by atoms with E-state index in [0.717, 1.165) is 23.4 Å². The topological polar surface area (TPSA) is 81.4 Å². The van der Waals surface area contributed by atoms with Gasteiger partial charge in [-0.25, -0.2) is 4.98 Å². The first-order chi connectivity index (χ1) is 14.6. The third-order valence-electron chi connectivity index (χ3n) is 4.76. The zero-order valence-electron chi connectivity index (χ0n) is 17.1. The molecule has 156 valence electrons. The van der Waals surface area contributed by atoms with Crippen LogP contribution in [0, 0.1) is 0 Å². The first kappa shape index (κ1) is 21.3. The first-order valence-corrected chi connectivity index (χ1v) is 10.2. The van der Waals surface area contributed by atoms with Crippen LogP contribution in [0.3, 0.4) is 0 Å². The largest absolute Gasteiger partial charge is 0.492 e. The molecule has 0 aliphatic heterocycles. The highest BCUT2D eigenvalue weighted by atomic mass is 16.5. The molecule has 2 aromatic carbocycles. The van der Waals surface area contributed by atoms with E-state index in [-0.39, 0.29) is 12.0 Å². The molecule has 0 aliphatic carbocycles. The molecule has 0 atom stereocenters. The summed E-state index contributed by atoms with van der Waals surface area (Å²) in [7, 11) is 0. The Hall–Kier alpha value is -3.41. The molecule has 0 saturated heterocycles. The van der Waals surface area contributed by atoms with Crippen LogP contribution in [0.25, 0.3) is 11.3 Å². The Balaban J connectivity index is 1.67. The second-order valence-electron chi connectivity index (χ2n) is 7.05. The van der Waals surface area contributed by atoms with E-state index in [9.17, 15) is 9.59 Å². The number of carboxylic acid groups (broad SMARTS) is 1. The van der Waals surface area contributed by atoms with Gasteiger partial charge < -0.3 is 9.84 Å². The van der Waals surface area contributed by atoms with E-state index in [1.165, 1.54) is 0 Å². The molecule has 6 heteroatoms. The SMILES string of the molecule is CCCc1nc(-c2ccccc2)cc(=O)n1CCOc1ccc(CCC(=O)O)cc1. The number of aryl methyl sites for hydroxylation is 2. The normalized spacial score (nSPS) is 10.7. The predicted octanol–water partition coefficient (Wildman–Crippen LogP) is 3.96. The Kier molecular flexibility index (Phi) is 7.38. The van der Waals surface area contributed by atoms with Gasteiger partial charge in [0.25, 0.3) is 5.56 Å². The number of aromatic nitrogens is 2. The minimum Gasteiger partial charge on any atom is -0.492 e. The second-order valence-corrected chi connectivity index (χ2v) is 7.05. The van der Waals surface area contributed by atoms with Gasteiger partial charge in [0.05, 0.1) is 12.2 Å². The average molecular weight is 406 g/mol. The van der Waals surface area contributed by atoms with Gasteiger partial charge in [-0.1, -0.05) is 49.4 Å². The number of hydrogen-bond donors (Lipinski definition) is 1. The fourth-order valence-electron chi connectivity index (χ4n) is 3.22. The molecule has 1 aromatic heterocycles. The molecular formula is C24H26N2O4. The van der Waals surface area contributed by atoms with Gasteiger partial charge in [-0.3, -0.25) is 14.2 Å². The summed E-state index contributed by atoms with van der Waals surface area (Å²) in [6.07, 6.45) is 2.21. The lowest BCUT2D eigenvalue weighted by Gasteiger charge is -2.14. The molecule has 0 spiro atoms. The van der Waals surface area contributed by atoms with Gasteiger partial charge in [0.15, 0.2) is 0 Å². The summed E-state index contributed by atoms with van der Waals surface area (Å²) in [4.78, 5) is 28.1. The summed E-state index contributed by atoms with van der Waals surface area (Å²) in [6.45, 7) is 2.82. The molecule has 30 heavy (non-hydrogen) atoms. The molecule has 0 radical (unpaired) electrons. The van der Waals surface area contributed by atoms with Crippen molar-refractivity contribution in [1.29, 1.82) is 0 Å². The summed E-state index contributed by atoms with van der Waals surface area (Å²) >= 11 is 0. The molecule has 3 aromatic rings. The van der Waals surface area contributed by atoms with Crippen molar-refractivity contribution in [3.63, 3.8) is 0 Å². The number of hydrogen-bond acceptors (Lipinski definition) is 4. The highest BCUT2D eigenvalue weighted by Gasteiger charge is 2.10. The maximum Gasteiger partial charge on any atom is 0.303 e. The van der Waals surface area contributed by atoms with Crippen LogP contribution >= 0.6 is 0 Å². The van der Waals surface area contributed by atoms with Crippen molar-refractivity contribution in [2.24, 2.45) is 0 Å². The number of benzene rings is 2. The van der Waals surface area contributed by atoms with Gasteiger partial charge in [0.2, 0.25) is 0 Å². The lowest BCUT2D eigenvalue weighted by molar-refractivity contribution is -0.136. The van der Waals surface area contributed by atoms with Crippen molar-refractivity contribution < 1.29 is 14.6 Å². The number of aliphatic carboxylic acids is 1. The smallest absolute Gasteiger partial charge is 0.303 e. The van der Waals surface area contributed by atoms with Crippen molar-refractivity contribution in [3.05, 3.63) is 82.4 Å². The molecule has 0 aliphatic rings. The third kappa shape index (κ3) is 5.80. The highest BCUT2D eigenvalue weighted by Crippen LogP contribution is 2.16. The number of ether oxygens (including phenoxy) is 1. The van der Waals surface area contributed by atoms with Crippen molar-refractivity contribution >= 4 is 5.97 Å². The lowest BCUT2D eigenvalue weighted by Crippen LogP contribution is -2.27. The summed E-state index contributed by atoms with van der Waals surface area (Å²) in [5.41, 5.74) is 2.49. The molecule has 0 bridgehead atoms. The van der Waals surface area contributed by atoms with Crippen LogP contribution in [-0.2, 0) is 24.2 Å². The molecule has 0 saturated carbocycles. The maximum absolute atomic E-state index is 12.7. The molecule has 3 rings (SSSR count). The van der Waals surface area contributed by atoms with Gasteiger partial charge in [-0.15, -0.1) is 0 Å². The van der Waals surface area contributed by atoms with E-state index < -0.39 is 5.97 Å². The van der Waals surface area contributed by atoms with E-state index in [1.54, 1.807) is 10.6 Å². The molecular weight excluding hydrogens is 380 g/mol. The molecule has 0 fully saturated rings. The highest BCUT2D eigenvalue weighted by molar-refractivity contribution is 5.67. The third-order valence-corrected chi connectivity index (χ3v) is 4.76. The molecule has 6 nitrogen and oxygen atoms in total. The van der Waals surface area contributed by atoms with Crippen molar-refractivity contribution in [1.82, 2.24) is 9.55 Å². The minimum atomic E-state index is -0.810. The number of carbonyl (C=O) groups is 1. The molecule has 1 N–H and O–H groups in total. The quantitative estimate of drug-likeness (QED) is 0.551. The number of carboxylic acids is 1. The van der Waals surface area contributed by atoms with E-state index in [4.69, 9.17) is 14.8 Å². The van der Waals surface area contributed by atoms with Crippen LogP contribution in [0.2, 0.25) is 0 Å². The van der Waals surface area contributed by atoms with Crippen LogP contribution in [0.5, 0.6) is 5.75 Å². The molecule has 0 unspecified atom stereocenters. The summed E-state index contributed by atoms with van der Waals surface area (Å²) in [5, 5.41) is 8.76. The van der Waals surface area contributed by atoms with Crippen molar-refractivity contribution in [3.8, 4) is 17.0 Å². The Morgan fingerprint density at radius 1 is 1.07 bits per heavy atom. The summed E-state index contributed by atoms with van der Waals surface area (Å²) < 4.78 is 7.47. The zero-order chi connectivity index (χ0) is 21.3. The van der Waals surface area contributed by atoms with E-state index in [0.29, 0.717) is 37.4 Å². The van der Waals surface area contributed by atoms with E-state index in [2.05, 4.69) is 6.92 Å². The van der Waals surface area contributed by atoms with Gasteiger partial charge in [-0.05, 0) is 30.5 Å². The van der Waals surface area contributed by atoms with Crippen LogP contribution < -0.4 is 10.3 Å². The minimum absolute atomic E-state index is 0.0834. The summed E-state index contributed by atoms with van der Waals surface area (Å²) in [5.74, 6) is 0.639. The van der Waals surface area contributed by atoms with Crippen molar-refractivity contribution in [2.75, 3.05) is 6.61 Å². The summed E-state index contributed by atoms with van der Waals surface area (Å²) in [6, 6.07) is 18.7. The fraction of sp³-hybridized carbons (Fsp3) is 0.292. The Morgan fingerprint density at radius 2 is 1.80 bits per heavy atom. The predicted molar refractivity (Wildman–Crippen MR) is 116 cm³/mol. The van der Waals surface area contributed by atoms with Crippen molar-refractivity contribution in [2.45, 2.75) is 39.2 Å². The Labute approximate surface area is 175 Å². The molecule has 1 heterocycles. The fourth-order valence-corrected chi connectivity index (χ4v) is 3.22. The van der Waals surface area contributed by atoms with E-state index in [1.807, 2.05) is 54.6 Å². The van der Waals surface area contributed by atoms with Crippen LogP contribution in [-0.4, -0.2) is 27.2 Å². The monoisotopic (exact) mass is 406 g/mol. The number of nitrogens with zero attached hydrogens (tertiary/aromatic N) is 2. The van der Waals surface area contributed by atoms with Gasteiger partial charge in [0, 0.05) is 24.5 Å². The number of rotatable bonds is 10. The molecule has 0 amide bonds. The zero-order valence-corrected chi connectivity index (χ0v) is 17.1. The Morgan fingerprint density at radius 3 is 2.47 bits per heavy atom. The average Bonchev–Trinajstić information content (AvgIpc) is 2.75. The van der Waals surface area contributed by atoms with Gasteiger partial charge >= 0.3 is 5.97 Å². The van der Waals surface area contributed by atoms with Crippen LogP contribution in [0.1, 0.15) is 31.2 Å². The maximum atomic E-state index is 12.7.